The van der Waals surface area contributed by atoms with Gasteiger partial charge in [0, 0.05) is 38.4 Å². The smallest absolute Gasteiger partial charge is 0.236 e. The van der Waals surface area contributed by atoms with E-state index < -0.39 is 0 Å². The van der Waals surface area contributed by atoms with Gasteiger partial charge in [-0.2, -0.15) is 0 Å². The zero-order valence-electron chi connectivity index (χ0n) is 14.4. The first-order valence-corrected chi connectivity index (χ1v) is 8.56. The maximum Gasteiger partial charge on any atom is 0.236 e. The molecule has 2 aromatic rings. The average Bonchev–Trinajstić information content (AvgIpc) is 2.66. The number of halogens is 1. The first-order chi connectivity index (χ1) is 12.1. The van der Waals surface area contributed by atoms with Crippen LogP contribution < -0.4 is 10.2 Å². The predicted octanol–water partition coefficient (Wildman–Crippen LogP) is 2.22. The number of piperazine rings is 1. The summed E-state index contributed by atoms with van der Waals surface area (Å²) in [4.78, 5) is 20.8. The summed E-state index contributed by atoms with van der Waals surface area (Å²) in [5, 5.41) is 3.18. The fraction of sp³-hybridized carbons (Fsp3) is 0.368. The molecule has 1 saturated heterocycles. The van der Waals surface area contributed by atoms with Crippen LogP contribution in [0, 0.1) is 5.82 Å². The van der Waals surface area contributed by atoms with Crippen molar-refractivity contribution in [2.24, 2.45) is 0 Å². The van der Waals surface area contributed by atoms with Crippen molar-refractivity contribution in [1.82, 2.24) is 15.2 Å². The normalized spacial score (nSPS) is 15.9. The highest BCUT2D eigenvalue weighted by atomic mass is 19.1. The maximum absolute atomic E-state index is 13.3. The van der Waals surface area contributed by atoms with Crippen LogP contribution in [0.2, 0.25) is 0 Å². The van der Waals surface area contributed by atoms with E-state index in [1.165, 1.54) is 12.1 Å². The number of amides is 1. The number of nitrogens with zero attached hydrogens (tertiary/aromatic N) is 3. The lowest BCUT2D eigenvalue weighted by molar-refractivity contribution is -0.130. The molecule has 2 heterocycles. The molecule has 0 spiro atoms. The Morgan fingerprint density at radius 2 is 2.00 bits per heavy atom. The summed E-state index contributed by atoms with van der Waals surface area (Å²) in [5.41, 5.74) is 0.841. The summed E-state index contributed by atoms with van der Waals surface area (Å²) >= 11 is 0. The molecular formula is C19H23FN4O. The lowest BCUT2D eigenvalue weighted by Gasteiger charge is -2.35. The van der Waals surface area contributed by atoms with Crippen LogP contribution in [-0.4, -0.2) is 48.5 Å². The number of nitrogens with one attached hydrogen (secondary N) is 1. The van der Waals surface area contributed by atoms with Crippen molar-refractivity contribution in [3.63, 3.8) is 0 Å². The van der Waals surface area contributed by atoms with Crippen molar-refractivity contribution >= 4 is 11.7 Å². The highest BCUT2D eigenvalue weighted by molar-refractivity contribution is 5.78. The second kappa shape index (κ2) is 8.07. The van der Waals surface area contributed by atoms with E-state index in [0.29, 0.717) is 13.1 Å². The molecule has 0 unspecified atom stereocenters. The molecule has 132 valence electrons. The Morgan fingerprint density at radius 3 is 2.68 bits per heavy atom. The third kappa shape index (κ3) is 4.54. The molecule has 0 saturated carbocycles. The summed E-state index contributed by atoms with van der Waals surface area (Å²) in [6.45, 7) is 5.11. The van der Waals surface area contributed by atoms with Gasteiger partial charge in [0.15, 0.2) is 0 Å². The van der Waals surface area contributed by atoms with Gasteiger partial charge in [0.2, 0.25) is 5.91 Å². The molecule has 1 aliphatic rings. The quantitative estimate of drug-likeness (QED) is 0.905. The Bertz CT molecular complexity index is 702. The molecule has 5 nitrogen and oxygen atoms in total. The minimum atomic E-state index is -0.261. The van der Waals surface area contributed by atoms with Crippen LogP contribution in [0.25, 0.3) is 0 Å². The fourth-order valence-electron chi connectivity index (χ4n) is 2.97. The van der Waals surface area contributed by atoms with Crippen LogP contribution >= 0.6 is 0 Å². The molecule has 25 heavy (non-hydrogen) atoms. The second-order valence-corrected chi connectivity index (χ2v) is 6.21. The molecule has 1 aromatic carbocycles. The van der Waals surface area contributed by atoms with E-state index in [9.17, 15) is 9.18 Å². The van der Waals surface area contributed by atoms with Gasteiger partial charge in [-0.25, -0.2) is 9.37 Å². The molecule has 6 heteroatoms. The largest absolute Gasteiger partial charge is 0.353 e. The second-order valence-electron chi connectivity index (χ2n) is 6.21. The number of hydrogen-bond donors (Lipinski definition) is 1. The number of aromatic nitrogens is 1. The van der Waals surface area contributed by atoms with Crippen LogP contribution in [0.4, 0.5) is 10.2 Å². The highest BCUT2D eigenvalue weighted by Crippen LogP contribution is 2.14. The molecule has 1 amide bonds. The van der Waals surface area contributed by atoms with Crippen molar-refractivity contribution < 1.29 is 9.18 Å². The van der Waals surface area contributed by atoms with Gasteiger partial charge in [0.05, 0.1) is 6.54 Å². The van der Waals surface area contributed by atoms with E-state index in [-0.39, 0.29) is 24.3 Å². The molecular weight excluding hydrogens is 319 g/mol. The highest BCUT2D eigenvalue weighted by Gasteiger charge is 2.22. The zero-order valence-corrected chi connectivity index (χ0v) is 14.4. The Morgan fingerprint density at radius 1 is 1.20 bits per heavy atom. The van der Waals surface area contributed by atoms with E-state index >= 15 is 0 Å². The van der Waals surface area contributed by atoms with Crippen LogP contribution in [0.1, 0.15) is 18.5 Å². The van der Waals surface area contributed by atoms with E-state index in [4.69, 9.17) is 0 Å². The molecule has 1 aromatic heterocycles. The van der Waals surface area contributed by atoms with Gasteiger partial charge in [-0.3, -0.25) is 4.79 Å². The van der Waals surface area contributed by atoms with Gasteiger partial charge in [0.1, 0.15) is 11.6 Å². The summed E-state index contributed by atoms with van der Waals surface area (Å²) in [7, 11) is 0. The molecule has 1 atom stereocenters. The minimum absolute atomic E-state index is 0.0731. The number of carbonyl (C=O) groups excluding carboxylic acids is 1. The van der Waals surface area contributed by atoms with Crippen molar-refractivity contribution in [2.75, 3.05) is 37.6 Å². The topological polar surface area (TPSA) is 48.5 Å². The van der Waals surface area contributed by atoms with Gasteiger partial charge >= 0.3 is 0 Å². The molecule has 0 radical (unpaired) electrons. The van der Waals surface area contributed by atoms with E-state index in [1.54, 1.807) is 12.3 Å². The number of carbonyl (C=O) groups is 1. The molecule has 1 N–H and O–H groups in total. The van der Waals surface area contributed by atoms with Crippen molar-refractivity contribution in [3.8, 4) is 0 Å². The van der Waals surface area contributed by atoms with Gasteiger partial charge in [-0.1, -0.05) is 18.2 Å². The predicted molar refractivity (Wildman–Crippen MR) is 95.8 cm³/mol. The number of hydrogen-bond acceptors (Lipinski definition) is 4. The fourth-order valence-corrected chi connectivity index (χ4v) is 2.97. The zero-order chi connectivity index (χ0) is 17.6. The van der Waals surface area contributed by atoms with Crippen LogP contribution in [0.15, 0.2) is 48.7 Å². The molecule has 1 fully saturated rings. The first-order valence-electron chi connectivity index (χ1n) is 8.56. The van der Waals surface area contributed by atoms with Gasteiger partial charge < -0.3 is 15.1 Å². The summed E-state index contributed by atoms with van der Waals surface area (Å²) in [6.07, 6.45) is 1.78. The van der Waals surface area contributed by atoms with Gasteiger partial charge in [-0.05, 0) is 36.8 Å². The first kappa shape index (κ1) is 17.4. The summed E-state index contributed by atoms with van der Waals surface area (Å²) < 4.78 is 13.3. The van der Waals surface area contributed by atoms with Gasteiger partial charge in [0.25, 0.3) is 0 Å². The minimum Gasteiger partial charge on any atom is -0.353 e. The van der Waals surface area contributed by atoms with Crippen LogP contribution in [0.3, 0.4) is 0 Å². The third-order valence-electron chi connectivity index (χ3n) is 4.51. The molecule has 1 aliphatic heterocycles. The van der Waals surface area contributed by atoms with E-state index in [0.717, 1.165) is 24.5 Å². The number of pyridine rings is 1. The van der Waals surface area contributed by atoms with Crippen molar-refractivity contribution in [2.45, 2.75) is 13.0 Å². The lowest BCUT2D eigenvalue weighted by Crippen LogP contribution is -2.51. The standard InChI is InChI=1S/C19H23FN4O/c1-15(16-5-4-6-17(20)13-16)22-14-19(25)24-11-9-23(10-12-24)18-7-2-3-8-21-18/h2-8,13,15,22H,9-12,14H2,1H3/t15-/m1/s1. The van der Waals surface area contributed by atoms with Crippen LogP contribution in [-0.2, 0) is 4.79 Å². The molecule has 3 rings (SSSR count). The Kier molecular flexibility index (Phi) is 5.60. The SMILES string of the molecule is C[C@@H](NCC(=O)N1CCN(c2ccccn2)CC1)c1cccc(F)c1. The van der Waals surface area contributed by atoms with Crippen molar-refractivity contribution in [3.05, 3.63) is 60.0 Å². The van der Waals surface area contributed by atoms with Crippen LogP contribution in [0.5, 0.6) is 0 Å². The van der Waals surface area contributed by atoms with E-state index in [2.05, 4.69) is 15.2 Å². The average molecular weight is 342 g/mol. The summed E-state index contributed by atoms with van der Waals surface area (Å²) in [6, 6.07) is 12.2. The summed E-state index contributed by atoms with van der Waals surface area (Å²) in [5.74, 6) is 0.763. The number of rotatable bonds is 5. The van der Waals surface area contributed by atoms with E-state index in [1.807, 2.05) is 36.1 Å². The number of anilines is 1. The van der Waals surface area contributed by atoms with Crippen molar-refractivity contribution in [1.29, 1.82) is 0 Å². The third-order valence-corrected chi connectivity index (χ3v) is 4.51. The Balaban J connectivity index is 1.46. The number of benzene rings is 1. The lowest BCUT2D eigenvalue weighted by atomic mass is 10.1. The maximum atomic E-state index is 13.3. The monoisotopic (exact) mass is 342 g/mol. The Labute approximate surface area is 147 Å². The van der Waals surface area contributed by atoms with Gasteiger partial charge in [-0.15, -0.1) is 0 Å². The molecule has 0 aliphatic carbocycles. The Hall–Kier alpha value is -2.47. The molecule has 0 bridgehead atoms.